The lowest BCUT2D eigenvalue weighted by molar-refractivity contribution is 0.0990. The number of carbonyl (C=O) groups is 2. The molecule has 3 aromatic rings. The standard InChI is InChI=1S/C20H11ClO2/c21-15-7-5-12(6-8-15)9-18-19(22)16-10-13-3-1-2-4-14(13)11-17(16)20(18)23/h1-11H. The lowest BCUT2D eigenvalue weighted by Crippen LogP contribution is -2.00. The van der Waals surface area contributed by atoms with Crippen molar-refractivity contribution in [2.24, 2.45) is 0 Å². The number of ketones is 2. The Morgan fingerprint density at radius 1 is 0.739 bits per heavy atom. The van der Waals surface area contributed by atoms with E-state index in [0.717, 1.165) is 16.3 Å². The average Bonchev–Trinajstić information content (AvgIpc) is 2.80. The molecule has 0 saturated carbocycles. The second-order valence-corrected chi connectivity index (χ2v) is 5.95. The van der Waals surface area contributed by atoms with Crippen molar-refractivity contribution in [3.8, 4) is 0 Å². The molecule has 0 amide bonds. The molecular weight excluding hydrogens is 308 g/mol. The highest BCUT2D eigenvalue weighted by Crippen LogP contribution is 2.31. The van der Waals surface area contributed by atoms with Gasteiger partial charge in [0.2, 0.25) is 0 Å². The van der Waals surface area contributed by atoms with Crippen LogP contribution in [-0.4, -0.2) is 11.6 Å². The lowest BCUT2D eigenvalue weighted by Gasteiger charge is -2.00. The summed E-state index contributed by atoms with van der Waals surface area (Å²) in [5.41, 5.74) is 1.95. The molecule has 1 aliphatic rings. The highest BCUT2D eigenvalue weighted by atomic mass is 35.5. The van der Waals surface area contributed by atoms with E-state index in [0.29, 0.717) is 16.1 Å². The molecule has 3 heteroatoms. The Kier molecular flexibility index (Phi) is 3.14. The number of rotatable bonds is 1. The Morgan fingerprint density at radius 3 is 1.78 bits per heavy atom. The molecule has 110 valence electrons. The van der Waals surface area contributed by atoms with Gasteiger partial charge in [0.25, 0.3) is 0 Å². The molecule has 0 fully saturated rings. The van der Waals surface area contributed by atoms with Crippen LogP contribution in [0.1, 0.15) is 26.3 Å². The number of hydrogen-bond acceptors (Lipinski definition) is 2. The molecule has 2 nitrogen and oxygen atoms in total. The smallest absolute Gasteiger partial charge is 0.197 e. The first-order valence-electron chi connectivity index (χ1n) is 7.23. The Bertz CT molecular complexity index is 941. The van der Waals surface area contributed by atoms with E-state index in [1.54, 1.807) is 42.5 Å². The molecule has 0 atom stereocenters. The maximum Gasteiger partial charge on any atom is 0.197 e. The van der Waals surface area contributed by atoms with Crippen LogP contribution in [-0.2, 0) is 0 Å². The summed E-state index contributed by atoms with van der Waals surface area (Å²) in [5, 5.41) is 2.53. The molecule has 0 saturated heterocycles. The van der Waals surface area contributed by atoms with Crippen LogP contribution >= 0.6 is 11.6 Å². The van der Waals surface area contributed by atoms with Crippen molar-refractivity contribution < 1.29 is 9.59 Å². The fraction of sp³-hybridized carbons (Fsp3) is 0. The van der Waals surface area contributed by atoms with Crippen LogP contribution in [0.2, 0.25) is 5.02 Å². The van der Waals surface area contributed by atoms with Gasteiger partial charge in [0, 0.05) is 16.1 Å². The van der Waals surface area contributed by atoms with Crippen LogP contribution in [0.25, 0.3) is 16.8 Å². The topological polar surface area (TPSA) is 34.1 Å². The van der Waals surface area contributed by atoms with Crippen molar-refractivity contribution in [3.63, 3.8) is 0 Å². The van der Waals surface area contributed by atoms with Gasteiger partial charge in [-0.1, -0.05) is 48.0 Å². The number of carbonyl (C=O) groups excluding carboxylic acids is 2. The summed E-state index contributed by atoms with van der Waals surface area (Å²) in [6.07, 6.45) is 1.63. The van der Waals surface area contributed by atoms with E-state index in [9.17, 15) is 9.59 Å². The summed E-state index contributed by atoms with van der Waals surface area (Å²) in [6.45, 7) is 0. The largest absolute Gasteiger partial charge is 0.288 e. The molecule has 0 N–H and O–H groups in total. The third-order valence-electron chi connectivity index (χ3n) is 4.05. The first kappa shape index (κ1) is 13.9. The van der Waals surface area contributed by atoms with Crippen molar-refractivity contribution in [1.82, 2.24) is 0 Å². The molecular formula is C20H11ClO2. The van der Waals surface area contributed by atoms with Gasteiger partial charge in [-0.05, 0) is 46.7 Å². The molecule has 4 rings (SSSR count). The molecule has 3 aromatic carbocycles. The van der Waals surface area contributed by atoms with Crippen LogP contribution in [0.3, 0.4) is 0 Å². The molecule has 0 heterocycles. The zero-order valence-corrected chi connectivity index (χ0v) is 12.8. The van der Waals surface area contributed by atoms with Gasteiger partial charge >= 0.3 is 0 Å². The van der Waals surface area contributed by atoms with Gasteiger partial charge in [-0.15, -0.1) is 0 Å². The fourth-order valence-electron chi connectivity index (χ4n) is 2.87. The summed E-state index contributed by atoms with van der Waals surface area (Å²) < 4.78 is 0. The van der Waals surface area contributed by atoms with E-state index in [2.05, 4.69) is 0 Å². The number of fused-ring (bicyclic) bond motifs is 2. The molecule has 0 bridgehead atoms. The van der Waals surface area contributed by atoms with Crippen molar-refractivity contribution in [2.75, 3.05) is 0 Å². The minimum Gasteiger partial charge on any atom is -0.288 e. The summed E-state index contributed by atoms with van der Waals surface area (Å²) in [4.78, 5) is 25.2. The second kappa shape index (κ2) is 5.18. The van der Waals surface area contributed by atoms with E-state index in [1.165, 1.54) is 0 Å². The zero-order valence-electron chi connectivity index (χ0n) is 12.0. The molecule has 0 aromatic heterocycles. The first-order chi connectivity index (χ1) is 11.1. The van der Waals surface area contributed by atoms with E-state index in [1.807, 2.05) is 24.3 Å². The van der Waals surface area contributed by atoms with Gasteiger partial charge < -0.3 is 0 Å². The highest BCUT2D eigenvalue weighted by molar-refractivity contribution is 6.42. The molecule has 0 aliphatic heterocycles. The Balaban J connectivity index is 1.85. The number of hydrogen-bond donors (Lipinski definition) is 0. The average molecular weight is 319 g/mol. The van der Waals surface area contributed by atoms with Crippen molar-refractivity contribution in [3.05, 3.63) is 87.9 Å². The highest BCUT2D eigenvalue weighted by Gasteiger charge is 2.33. The summed E-state index contributed by atoms with van der Waals surface area (Å²) >= 11 is 5.86. The first-order valence-corrected chi connectivity index (χ1v) is 7.61. The van der Waals surface area contributed by atoms with Crippen LogP contribution in [0.5, 0.6) is 0 Å². The van der Waals surface area contributed by atoms with Gasteiger partial charge in [0.1, 0.15) is 0 Å². The monoisotopic (exact) mass is 318 g/mol. The van der Waals surface area contributed by atoms with Crippen LogP contribution in [0.15, 0.2) is 66.2 Å². The quantitative estimate of drug-likeness (QED) is 0.469. The van der Waals surface area contributed by atoms with E-state index in [4.69, 9.17) is 11.6 Å². The third kappa shape index (κ3) is 2.28. The van der Waals surface area contributed by atoms with Crippen molar-refractivity contribution >= 4 is 40.0 Å². The van der Waals surface area contributed by atoms with Crippen molar-refractivity contribution in [1.29, 1.82) is 0 Å². The number of allylic oxidation sites excluding steroid dienone is 1. The Morgan fingerprint density at radius 2 is 1.26 bits per heavy atom. The van der Waals surface area contributed by atoms with Gasteiger partial charge in [-0.25, -0.2) is 0 Å². The van der Waals surface area contributed by atoms with Crippen LogP contribution in [0, 0.1) is 0 Å². The van der Waals surface area contributed by atoms with Gasteiger partial charge in [0.15, 0.2) is 11.6 Å². The lowest BCUT2D eigenvalue weighted by atomic mass is 10.0. The zero-order chi connectivity index (χ0) is 16.0. The number of Topliss-reactive ketones (excluding diaryl/α,β-unsaturated/α-hetero) is 2. The predicted octanol–water partition coefficient (Wildman–Crippen LogP) is 4.96. The van der Waals surface area contributed by atoms with Crippen molar-refractivity contribution in [2.45, 2.75) is 0 Å². The summed E-state index contributed by atoms with van der Waals surface area (Å²) in [5.74, 6) is -0.434. The summed E-state index contributed by atoms with van der Waals surface area (Å²) in [7, 11) is 0. The van der Waals surface area contributed by atoms with E-state index < -0.39 is 0 Å². The minimum atomic E-state index is -0.217. The maximum atomic E-state index is 12.6. The maximum absolute atomic E-state index is 12.6. The molecule has 0 radical (unpaired) electrons. The van der Waals surface area contributed by atoms with Gasteiger partial charge in [-0.2, -0.15) is 0 Å². The molecule has 1 aliphatic carbocycles. The number of benzene rings is 3. The number of halogens is 1. The third-order valence-corrected chi connectivity index (χ3v) is 4.30. The van der Waals surface area contributed by atoms with E-state index >= 15 is 0 Å². The fourth-order valence-corrected chi connectivity index (χ4v) is 2.99. The van der Waals surface area contributed by atoms with Gasteiger partial charge in [-0.3, -0.25) is 9.59 Å². The minimum absolute atomic E-state index is 0.206. The normalized spacial score (nSPS) is 13.5. The Labute approximate surface area is 138 Å². The molecule has 0 spiro atoms. The van der Waals surface area contributed by atoms with Gasteiger partial charge in [0.05, 0.1) is 5.57 Å². The van der Waals surface area contributed by atoms with Crippen LogP contribution < -0.4 is 0 Å². The van der Waals surface area contributed by atoms with E-state index in [-0.39, 0.29) is 17.1 Å². The Hall–Kier alpha value is -2.71. The second-order valence-electron chi connectivity index (χ2n) is 5.51. The summed E-state index contributed by atoms with van der Waals surface area (Å²) in [6, 6.07) is 18.4. The molecule has 0 unspecified atom stereocenters. The SMILES string of the molecule is O=C1C(=Cc2ccc(Cl)cc2)C(=O)c2cc3ccccc3cc21. The van der Waals surface area contributed by atoms with Crippen LogP contribution in [0.4, 0.5) is 0 Å². The molecule has 23 heavy (non-hydrogen) atoms. The predicted molar refractivity (Wildman–Crippen MR) is 92.0 cm³/mol.